The molecule has 2 heterocycles. The van der Waals surface area contributed by atoms with Gasteiger partial charge in [-0.15, -0.1) is 5.10 Å². The van der Waals surface area contributed by atoms with E-state index in [4.69, 9.17) is 10.4 Å². The molecule has 2 aromatic heterocycles. The van der Waals surface area contributed by atoms with Gasteiger partial charge in [0, 0.05) is 42.9 Å². The quantitative estimate of drug-likeness (QED) is 0.187. The molecule has 2 N–H and O–H groups in total. The van der Waals surface area contributed by atoms with E-state index in [1.54, 1.807) is 24.9 Å². The Hall–Kier alpha value is -4.24. The highest BCUT2D eigenvalue weighted by Crippen LogP contribution is 2.39. The molecule has 0 spiro atoms. The van der Waals surface area contributed by atoms with Crippen molar-refractivity contribution in [1.82, 2.24) is 25.2 Å². The largest absolute Gasteiger partial charge is 0.416 e. The Morgan fingerprint density at radius 3 is 2.13 bits per heavy atom. The zero-order chi connectivity index (χ0) is 33.4. The summed E-state index contributed by atoms with van der Waals surface area (Å²) in [4.78, 5) is 22.9. The Balaban J connectivity index is 1.63. The van der Waals surface area contributed by atoms with Crippen LogP contribution in [-0.4, -0.2) is 50.4 Å². The maximum Gasteiger partial charge on any atom is 0.416 e. The average Bonchev–Trinajstić information content (AvgIpc) is 3.43. The van der Waals surface area contributed by atoms with Gasteiger partial charge in [-0.1, -0.05) is 17.9 Å². The molecule has 3 aromatic rings. The second kappa shape index (κ2) is 12.9. The lowest BCUT2D eigenvalue weighted by molar-refractivity contribution is -0.143. The third kappa shape index (κ3) is 7.58. The molecule has 0 saturated heterocycles. The Morgan fingerprint density at radius 2 is 1.63 bits per heavy atom. The normalized spacial score (nSPS) is 15.7. The molecule has 1 amide bonds. The van der Waals surface area contributed by atoms with Crippen molar-refractivity contribution in [2.24, 2.45) is 18.9 Å². The fraction of sp³-hybridized carbons (Fsp3) is 0.533. The van der Waals surface area contributed by atoms with Crippen LogP contribution in [0.1, 0.15) is 73.3 Å². The zero-order valence-corrected chi connectivity index (χ0v) is 25.6. The summed E-state index contributed by atoms with van der Waals surface area (Å²) in [5.74, 6) is 0.651. The highest BCUT2D eigenvalue weighted by molar-refractivity contribution is 6.02. The number of amides is 1. The predicted octanol–water partition coefficient (Wildman–Crippen LogP) is 6.21. The van der Waals surface area contributed by atoms with Crippen LogP contribution in [0.5, 0.6) is 0 Å². The van der Waals surface area contributed by atoms with Crippen LogP contribution in [0.2, 0.25) is 0 Å². The first-order valence-corrected chi connectivity index (χ1v) is 15.0. The number of carbonyl (C=O) groups excluding carboxylic acids is 1. The fourth-order valence-corrected chi connectivity index (χ4v) is 5.74. The lowest BCUT2D eigenvalue weighted by atomic mass is 10.0. The van der Waals surface area contributed by atoms with Crippen molar-refractivity contribution in [3.8, 4) is 0 Å². The number of benzene rings is 1. The first-order valence-electron chi connectivity index (χ1n) is 15.0. The van der Waals surface area contributed by atoms with E-state index in [0.717, 1.165) is 43.3 Å². The van der Waals surface area contributed by atoms with E-state index < -0.39 is 30.0 Å². The van der Waals surface area contributed by atoms with E-state index in [0.29, 0.717) is 41.4 Å². The summed E-state index contributed by atoms with van der Waals surface area (Å²) in [7, 11) is 3.12. The molecule has 16 heteroatoms. The summed E-state index contributed by atoms with van der Waals surface area (Å²) in [6.07, 6.45) is -4.77. The number of nitrogens with zero attached hydrogens (tertiary/aromatic N) is 7. The van der Waals surface area contributed by atoms with Gasteiger partial charge in [-0.05, 0) is 73.6 Å². The third-order valence-corrected chi connectivity index (χ3v) is 8.25. The lowest BCUT2D eigenvalue weighted by Gasteiger charge is -2.30. The number of carbonyl (C=O) groups is 1. The van der Waals surface area contributed by atoms with Crippen LogP contribution in [0, 0.1) is 17.2 Å². The van der Waals surface area contributed by atoms with Crippen molar-refractivity contribution in [1.29, 1.82) is 5.41 Å². The molecule has 0 unspecified atom stereocenters. The van der Waals surface area contributed by atoms with Crippen LogP contribution >= 0.6 is 0 Å². The van der Waals surface area contributed by atoms with Crippen molar-refractivity contribution < 1.29 is 31.1 Å². The molecule has 2 aliphatic rings. The second-order valence-electron chi connectivity index (χ2n) is 12.0. The summed E-state index contributed by atoms with van der Waals surface area (Å²) in [5.41, 5.74) is -2.14. The maximum atomic E-state index is 14.0. The van der Waals surface area contributed by atoms with Gasteiger partial charge in [0.2, 0.25) is 5.91 Å². The Bertz CT molecular complexity index is 1560. The number of hydrogen-bond acceptors (Lipinski definition) is 8. The van der Waals surface area contributed by atoms with Gasteiger partial charge in [0.25, 0.3) is 5.95 Å². The molecule has 2 saturated carbocycles. The van der Waals surface area contributed by atoms with Crippen LogP contribution < -0.4 is 15.1 Å². The number of nitrogens with one attached hydrogen (secondary N) is 2. The van der Waals surface area contributed by atoms with Gasteiger partial charge in [-0.2, -0.15) is 31.1 Å². The number of anilines is 3. The van der Waals surface area contributed by atoms with E-state index >= 15 is 0 Å². The van der Waals surface area contributed by atoms with Gasteiger partial charge in [0.1, 0.15) is 11.6 Å². The Labute approximate surface area is 261 Å². The van der Waals surface area contributed by atoms with Gasteiger partial charge in [-0.3, -0.25) is 9.69 Å². The molecule has 46 heavy (non-hydrogen) atoms. The average molecular weight is 652 g/mol. The highest BCUT2D eigenvalue weighted by atomic mass is 19.4. The van der Waals surface area contributed by atoms with Crippen molar-refractivity contribution in [2.75, 3.05) is 28.7 Å². The van der Waals surface area contributed by atoms with Gasteiger partial charge < -0.3 is 15.6 Å². The smallest absolute Gasteiger partial charge is 0.373 e. The van der Waals surface area contributed by atoms with E-state index in [-0.39, 0.29) is 47.6 Å². The van der Waals surface area contributed by atoms with Crippen LogP contribution in [0.3, 0.4) is 0 Å². The molecule has 5 rings (SSSR count). The number of pyridine rings is 1. The van der Waals surface area contributed by atoms with E-state index in [1.807, 2.05) is 0 Å². The molecular formula is C30H35F6N9O. The Morgan fingerprint density at radius 1 is 1.00 bits per heavy atom. The number of hydrogen-bond donors (Lipinski definition) is 2. The molecule has 0 atom stereocenters. The second-order valence-corrected chi connectivity index (χ2v) is 12.0. The van der Waals surface area contributed by atoms with Crippen molar-refractivity contribution in [2.45, 2.75) is 70.9 Å². The molecule has 10 nitrogen and oxygen atoms in total. The third-order valence-electron chi connectivity index (χ3n) is 8.25. The topological polar surface area (TPSA) is 116 Å². The molecule has 248 valence electrons. The van der Waals surface area contributed by atoms with Crippen LogP contribution in [-0.2, 0) is 37.3 Å². The van der Waals surface area contributed by atoms with E-state index in [1.165, 1.54) is 11.9 Å². The summed E-state index contributed by atoms with van der Waals surface area (Å²) < 4.78 is 82.2. The van der Waals surface area contributed by atoms with Crippen molar-refractivity contribution in [3.63, 3.8) is 0 Å². The van der Waals surface area contributed by atoms with Gasteiger partial charge in [0.15, 0.2) is 0 Å². The number of tetrazole rings is 1. The van der Waals surface area contributed by atoms with Gasteiger partial charge in [-0.25, -0.2) is 4.98 Å². The first-order chi connectivity index (χ1) is 21.6. The maximum absolute atomic E-state index is 14.0. The number of aromatic nitrogens is 5. The number of rotatable bonds is 11. The minimum absolute atomic E-state index is 0.0545. The fourth-order valence-electron chi connectivity index (χ4n) is 5.74. The molecule has 0 aliphatic heterocycles. The molecule has 0 radical (unpaired) electrons. The number of aryl methyl sites for hydroxylation is 1. The molecular weight excluding hydrogens is 616 g/mol. The van der Waals surface area contributed by atoms with E-state index in [9.17, 15) is 31.1 Å². The summed E-state index contributed by atoms with van der Waals surface area (Å²) in [5, 5.41) is 23.4. The molecule has 2 fully saturated rings. The SMILES string of the molecule is CNc1nc(N(CC2CC2)C(=O)C2CCCC2)c(CN(Cc2cc(C(F)(F)F)cc(C(F)(F)F)c2)c2nnn(C)n2)cc1C(C)=N. The highest BCUT2D eigenvalue weighted by Gasteiger charge is 2.38. The minimum Gasteiger partial charge on any atom is -0.373 e. The monoisotopic (exact) mass is 651 g/mol. The number of alkyl halides is 6. The van der Waals surface area contributed by atoms with Gasteiger partial charge in [0.05, 0.1) is 24.7 Å². The van der Waals surface area contributed by atoms with Crippen LogP contribution in [0.15, 0.2) is 24.3 Å². The molecule has 2 aliphatic carbocycles. The lowest BCUT2D eigenvalue weighted by Crippen LogP contribution is -2.39. The number of halogens is 6. The summed E-state index contributed by atoms with van der Waals surface area (Å²) in [6, 6.07) is 3.08. The first kappa shape index (κ1) is 33.1. The predicted molar refractivity (Wildman–Crippen MR) is 158 cm³/mol. The standard InChI is InChI=1S/C30H35F6N9O/c1-17(37)24-12-21(26(39-25(24)38-2)45(15-18-8-9-18)27(46)20-6-4-5-7-20)16-44(28-40-42-43(3)41-28)14-19-10-22(29(31,32)33)13-23(11-19)30(34,35)36/h10-13,18,20,37H,4-9,14-16H2,1-3H3,(H,38,39). The van der Waals surface area contributed by atoms with E-state index in [2.05, 4.69) is 20.7 Å². The summed E-state index contributed by atoms with van der Waals surface area (Å²) >= 11 is 0. The van der Waals surface area contributed by atoms with Crippen molar-refractivity contribution in [3.05, 3.63) is 52.1 Å². The van der Waals surface area contributed by atoms with Crippen LogP contribution in [0.25, 0.3) is 0 Å². The summed E-state index contributed by atoms with van der Waals surface area (Å²) in [6.45, 7) is 1.38. The minimum atomic E-state index is -5.02. The molecule has 1 aromatic carbocycles. The Kier molecular flexibility index (Phi) is 9.27. The van der Waals surface area contributed by atoms with Crippen molar-refractivity contribution >= 4 is 29.2 Å². The zero-order valence-electron chi connectivity index (χ0n) is 25.6. The van der Waals surface area contributed by atoms with Crippen LogP contribution in [0.4, 0.5) is 43.9 Å². The molecule has 0 bridgehead atoms. The van der Waals surface area contributed by atoms with Gasteiger partial charge >= 0.3 is 12.4 Å².